The zero-order chi connectivity index (χ0) is 21.2. The molecule has 0 atom stereocenters. The van der Waals surface area contributed by atoms with Gasteiger partial charge in [-0.3, -0.25) is 4.79 Å². The van der Waals surface area contributed by atoms with E-state index in [-0.39, 0.29) is 17.9 Å². The fourth-order valence-electron chi connectivity index (χ4n) is 3.70. The van der Waals surface area contributed by atoms with Gasteiger partial charge in [0.2, 0.25) is 5.56 Å². The van der Waals surface area contributed by atoms with E-state index in [9.17, 15) is 9.59 Å². The third-order valence-electron chi connectivity index (χ3n) is 5.20. The zero-order valence-electron chi connectivity index (χ0n) is 16.5. The second-order valence-corrected chi connectivity index (χ2v) is 7.22. The maximum Gasteiger partial charge on any atom is 0.357 e. The Balaban J connectivity index is 1.56. The topological polar surface area (TPSA) is 72.1 Å². The molecule has 0 aliphatic rings. The normalized spacial score (nSPS) is 11.0. The van der Waals surface area contributed by atoms with E-state index in [1.165, 1.54) is 6.07 Å². The number of ether oxygens (including phenoxy) is 1. The monoisotopic (exact) mass is 406 g/mol. The second kappa shape index (κ2) is 7.88. The molecular weight excluding hydrogens is 388 g/mol. The minimum atomic E-state index is -0.470. The number of H-pyrrole nitrogens is 1. The molecule has 31 heavy (non-hydrogen) atoms. The minimum Gasteiger partial charge on any atom is -0.456 e. The van der Waals surface area contributed by atoms with E-state index >= 15 is 0 Å². The summed E-state index contributed by atoms with van der Waals surface area (Å²) in [5, 5.41) is 1.83. The lowest BCUT2D eigenvalue weighted by molar-refractivity contribution is 0.0466. The van der Waals surface area contributed by atoms with Crippen molar-refractivity contribution in [3.8, 4) is 11.1 Å². The van der Waals surface area contributed by atoms with Crippen molar-refractivity contribution >= 4 is 27.8 Å². The van der Waals surface area contributed by atoms with Crippen LogP contribution in [0.25, 0.3) is 32.9 Å². The van der Waals surface area contributed by atoms with Gasteiger partial charge in [0.05, 0.1) is 5.52 Å². The van der Waals surface area contributed by atoms with Crippen LogP contribution in [-0.2, 0) is 11.3 Å². The zero-order valence-corrected chi connectivity index (χ0v) is 16.5. The van der Waals surface area contributed by atoms with Crippen LogP contribution >= 0.6 is 0 Å². The first-order valence-corrected chi connectivity index (χ1v) is 9.92. The third kappa shape index (κ3) is 3.69. The summed E-state index contributed by atoms with van der Waals surface area (Å²) in [7, 11) is 0. The van der Waals surface area contributed by atoms with Crippen LogP contribution < -0.4 is 5.56 Å². The molecule has 0 amide bonds. The van der Waals surface area contributed by atoms with Crippen molar-refractivity contribution in [2.75, 3.05) is 0 Å². The van der Waals surface area contributed by atoms with Gasteiger partial charge in [-0.15, -0.1) is 0 Å². The van der Waals surface area contributed by atoms with Crippen molar-refractivity contribution in [2.24, 2.45) is 0 Å². The number of carbonyl (C=O) groups excluding carboxylic acids is 1. The highest BCUT2D eigenvalue weighted by Crippen LogP contribution is 2.32. The molecule has 5 aromatic rings. The van der Waals surface area contributed by atoms with Gasteiger partial charge in [0.15, 0.2) is 0 Å². The molecular formula is C26H18N2O3. The first kappa shape index (κ1) is 18.8. The number of hydrogen-bond donors (Lipinski definition) is 1. The fraction of sp³-hybridized carbons (Fsp3) is 0.0385. The van der Waals surface area contributed by atoms with Crippen LogP contribution in [0.4, 0.5) is 0 Å². The number of pyridine rings is 2. The summed E-state index contributed by atoms with van der Waals surface area (Å²) in [6.45, 7) is 0.192. The van der Waals surface area contributed by atoms with Gasteiger partial charge in [-0.1, -0.05) is 66.7 Å². The van der Waals surface area contributed by atoms with Crippen molar-refractivity contribution in [3.63, 3.8) is 0 Å². The third-order valence-corrected chi connectivity index (χ3v) is 5.20. The smallest absolute Gasteiger partial charge is 0.357 e. The molecule has 0 spiro atoms. The number of aromatic nitrogens is 2. The highest BCUT2D eigenvalue weighted by molar-refractivity contribution is 6.04. The number of hydrogen-bond acceptors (Lipinski definition) is 4. The molecule has 2 heterocycles. The predicted octanol–water partition coefficient (Wildman–Crippen LogP) is 5.10. The Labute approximate surface area is 178 Å². The van der Waals surface area contributed by atoms with Crippen molar-refractivity contribution in [3.05, 3.63) is 113 Å². The maximum atomic E-state index is 12.6. The average Bonchev–Trinajstić information content (AvgIpc) is 2.82. The molecule has 5 rings (SSSR count). The molecule has 2 aromatic heterocycles. The van der Waals surface area contributed by atoms with Crippen LogP contribution in [0.5, 0.6) is 0 Å². The molecule has 5 nitrogen and oxygen atoms in total. The molecule has 0 fully saturated rings. The Hall–Kier alpha value is -4.25. The van der Waals surface area contributed by atoms with Gasteiger partial charge in [-0.2, -0.15) is 0 Å². The van der Waals surface area contributed by atoms with Crippen molar-refractivity contribution in [1.82, 2.24) is 9.97 Å². The lowest BCUT2D eigenvalue weighted by Crippen LogP contribution is -2.07. The molecule has 0 aliphatic carbocycles. The molecule has 0 saturated carbocycles. The largest absolute Gasteiger partial charge is 0.456 e. The number of carbonyl (C=O) groups is 1. The van der Waals surface area contributed by atoms with Crippen LogP contribution in [0.15, 0.2) is 95.8 Å². The predicted molar refractivity (Wildman–Crippen MR) is 121 cm³/mol. The highest BCUT2D eigenvalue weighted by atomic mass is 16.5. The summed E-state index contributed by atoms with van der Waals surface area (Å²) in [5.74, 6) is -0.470. The van der Waals surface area contributed by atoms with Crippen LogP contribution in [0.1, 0.15) is 16.1 Å². The van der Waals surface area contributed by atoms with Gasteiger partial charge < -0.3 is 9.72 Å². The minimum absolute atomic E-state index is 0.149. The van der Waals surface area contributed by atoms with E-state index in [4.69, 9.17) is 4.74 Å². The lowest BCUT2D eigenvalue weighted by Gasteiger charge is -2.11. The molecule has 150 valence electrons. The molecule has 0 unspecified atom stereocenters. The quantitative estimate of drug-likeness (QED) is 0.422. The van der Waals surface area contributed by atoms with Gasteiger partial charge in [-0.05, 0) is 29.3 Å². The van der Waals surface area contributed by atoms with Crippen LogP contribution in [0.3, 0.4) is 0 Å². The molecule has 1 N–H and O–H groups in total. The van der Waals surface area contributed by atoms with E-state index in [2.05, 4.69) is 9.97 Å². The molecule has 5 heteroatoms. The van der Waals surface area contributed by atoms with Gasteiger partial charge >= 0.3 is 5.97 Å². The number of benzene rings is 3. The number of para-hydroxylation sites is 1. The number of aromatic amines is 1. The maximum absolute atomic E-state index is 12.6. The molecule has 0 saturated heterocycles. The number of nitrogens with zero attached hydrogens (tertiary/aromatic N) is 1. The number of nitrogens with one attached hydrogen (secondary N) is 1. The van der Waals surface area contributed by atoms with Crippen molar-refractivity contribution in [2.45, 2.75) is 6.61 Å². The van der Waals surface area contributed by atoms with E-state index in [0.29, 0.717) is 5.52 Å². The van der Waals surface area contributed by atoms with Gasteiger partial charge in [0.25, 0.3) is 0 Å². The first-order valence-electron chi connectivity index (χ1n) is 9.92. The Bertz CT molecular complexity index is 1470. The summed E-state index contributed by atoms with van der Waals surface area (Å²) >= 11 is 0. The standard InChI is InChI=1S/C26H18N2O3/c29-24-15-13-20-19(9-5-11-22(20)27-24)21-10-4-8-18-12-14-23(28-25(18)21)26(30)31-16-17-6-2-1-3-7-17/h1-15H,16H2,(H,27,29). The van der Waals surface area contributed by atoms with Gasteiger partial charge in [-0.25, -0.2) is 9.78 Å². The fourth-order valence-corrected chi connectivity index (χ4v) is 3.70. The average molecular weight is 406 g/mol. The summed E-state index contributed by atoms with van der Waals surface area (Å²) < 4.78 is 5.45. The SMILES string of the molecule is O=C(OCc1ccccc1)c1ccc2cccc(-c3cccc4[nH]c(=O)ccc34)c2n1. The van der Waals surface area contributed by atoms with Gasteiger partial charge in [0.1, 0.15) is 12.3 Å². The Kier molecular flexibility index (Phi) is 4.77. The van der Waals surface area contributed by atoms with E-state index < -0.39 is 5.97 Å². The molecule has 0 bridgehead atoms. The summed E-state index contributed by atoms with van der Waals surface area (Å²) in [4.78, 5) is 31.8. The summed E-state index contributed by atoms with van der Waals surface area (Å²) in [6, 6.07) is 28.0. The number of fused-ring (bicyclic) bond motifs is 2. The highest BCUT2D eigenvalue weighted by Gasteiger charge is 2.14. The molecule has 3 aromatic carbocycles. The molecule has 0 aliphatic heterocycles. The van der Waals surface area contributed by atoms with Crippen LogP contribution in [0.2, 0.25) is 0 Å². The van der Waals surface area contributed by atoms with Crippen LogP contribution in [0, 0.1) is 0 Å². The molecule has 0 radical (unpaired) electrons. The summed E-state index contributed by atoms with van der Waals surface area (Å²) in [5.41, 5.74) is 4.29. The van der Waals surface area contributed by atoms with E-state index in [1.54, 1.807) is 12.1 Å². The Morgan fingerprint density at radius 2 is 1.61 bits per heavy atom. The summed E-state index contributed by atoms with van der Waals surface area (Å²) in [6.07, 6.45) is 0. The van der Waals surface area contributed by atoms with E-state index in [0.717, 1.165) is 33.0 Å². The first-order chi connectivity index (χ1) is 15.2. The van der Waals surface area contributed by atoms with Crippen molar-refractivity contribution in [1.29, 1.82) is 0 Å². The second-order valence-electron chi connectivity index (χ2n) is 7.22. The Morgan fingerprint density at radius 1 is 0.806 bits per heavy atom. The Morgan fingerprint density at radius 3 is 2.48 bits per heavy atom. The lowest BCUT2D eigenvalue weighted by atomic mass is 9.98. The van der Waals surface area contributed by atoms with Gasteiger partial charge in [0, 0.05) is 27.9 Å². The van der Waals surface area contributed by atoms with Crippen LogP contribution in [-0.4, -0.2) is 15.9 Å². The van der Waals surface area contributed by atoms with E-state index in [1.807, 2.05) is 72.8 Å². The van der Waals surface area contributed by atoms with Crippen molar-refractivity contribution < 1.29 is 9.53 Å². The number of rotatable bonds is 4. The number of esters is 1.